The van der Waals surface area contributed by atoms with Crippen LogP contribution in [0.4, 0.5) is 0 Å². The van der Waals surface area contributed by atoms with Crippen LogP contribution in [0.25, 0.3) is 0 Å². The Kier molecular flexibility index (Phi) is 4.33. The predicted molar refractivity (Wildman–Crippen MR) is 84.1 cm³/mol. The molecule has 0 saturated heterocycles. The highest BCUT2D eigenvalue weighted by Gasteiger charge is 2.25. The number of aryl methyl sites for hydroxylation is 1. The molecule has 0 spiro atoms. The highest BCUT2D eigenvalue weighted by molar-refractivity contribution is 7.07. The summed E-state index contributed by atoms with van der Waals surface area (Å²) in [7, 11) is 0. The maximum atomic E-state index is 12.0. The van der Waals surface area contributed by atoms with Gasteiger partial charge in [0.1, 0.15) is 5.69 Å². The van der Waals surface area contributed by atoms with Crippen LogP contribution in [0.1, 0.15) is 47.9 Å². The van der Waals surface area contributed by atoms with Gasteiger partial charge in [0.2, 0.25) is 0 Å². The van der Waals surface area contributed by atoms with E-state index in [0.717, 1.165) is 31.4 Å². The second-order valence-corrected chi connectivity index (χ2v) is 6.33. The van der Waals surface area contributed by atoms with E-state index in [9.17, 15) is 9.59 Å². The molecule has 2 heterocycles. The number of hydrogen-bond acceptors (Lipinski definition) is 5. The van der Waals surface area contributed by atoms with Crippen LogP contribution in [0.3, 0.4) is 0 Å². The highest BCUT2D eigenvalue weighted by Crippen LogP contribution is 2.27. The number of carbonyl (C=O) groups excluding carboxylic acids is 1. The van der Waals surface area contributed by atoms with E-state index in [1.165, 1.54) is 11.3 Å². The van der Waals surface area contributed by atoms with Crippen molar-refractivity contribution in [2.24, 2.45) is 0 Å². The minimum absolute atomic E-state index is 0.0550. The smallest absolute Gasteiger partial charge is 0.270 e. The lowest BCUT2D eigenvalue weighted by atomic mass is 9.91. The maximum absolute atomic E-state index is 12.0. The monoisotopic (exact) mass is 318 g/mol. The van der Waals surface area contributed by atoms with Crippen molar-refractivity contribution in [2.45, 2.75) is 44.7 Å². The Bertz CT molecular complexity index is 703. The summed E-state index contributed by atoms with van der Waals surface area (Å²) < 4.78 is 1.59. The molecule has 3 rings (SSSR count). The number of rotatable bonds is 3. The van der Waals surface area contributed by atoms with Gasteiger partial charge in [-0.2, -0.15) is 5.10 Å². The van der Waals surface area contributed by atoms with Gasteiger partial charge < -0.3 is 5.32 Å². The number of amides is 1. The molecule has 116 valence electrons. The fraction of sp³-hybridized carbons (Fsp3) is 0.467. The summed E-state index contributed by atoms with van der Waals surface area (Å²) in [5, 5.41) is 9.10. The maximum Gasteiger partial charge on any atom is 0.270 e. The molecule has 1 aliphatic rings. The van der Waals surface area contributed by atoms with Crippen LogP contribution in [0.2, 0.25) is 0 Å². The lowest BCUT2D eigenvalue weighted by molar-refractivity contribution is 0.0917. The van der Waals surface area contributed by atoms with Gasteiger partial charge in [-0.25, -0.2) is 9.67 Å². The van der Waals surface area contributed by atoms with Gasteiger partial charge in [-0.1, -0.05) is 0 Å². The van der Waals surface area contributed by atoms with Crippen molar-refractivity contribution >= 4 is 17.2 Å². The second-order valence-electron chi connectivity index (χ2n) is 5.61. The van der Waals surface area contributed by atoms with E-state index in [1.54, 1.807) is 27.7 Å². The largest absolute Gasteiger partial charge is 0.348 e. The van der Waals surface area contributed by atoms with Crippen molar-refractivity contribution in [1.82, 2.24) is 20.1 Å². The molecule has 1 saturated carbocycles. The van der Waals surface area contributed by atoms with Gasteiger partial charge in [-0.3, -0.25) is 9.59 Å². The normalized spacial score (nSPS) is 21.5. The minimum Gasteiger partial charge on any atom is -0.348 e. The molecule has 2 aromatic heterocycles. The molecule has 0 aromatic carbocycles. The summed E-state index contributed by atoms with van der Waals surface area (Å²) in [6.07, 6.45) is 3.39. The summed E-state index contributed by atoms with van der Waals surface area (Å²) in [4.78, 5) is 27.9. The number of thiazole rings is 1. The van der Waals surface area contributed by atoms with Crippen LogP contribution < -0.4 is 10.9 Å². The predicted octanol–water partition coefficient (Wildman–Crippen LogP) is 1.92. The van der Waals surface area contributed by atoms with Gasteiger partial charge >= 0.3 is 0 Å². The molecule has 2 aromatic rings. The first kappa shape index (κ1) is 14.9. The quantitative estimate of drug-likeness (QED) is 0.938. The molecule has 0 radical (unpaired) electrons. The molecular weight excluding hydrogens is 300 g/mol. The summed E-state index contributed by atoms with van der Waals surface area (Å²) in [6, 6.07) is 3.57. The number of hydrogen-bond donors (Lipinski definition) is 1. The van der Waals surface area contributed by atoms with E-state index in [-0.39, 0.29) is 23.6 Å². The Balaban J connectivity index is 1.59. The van der Waals surface area contributed by atoms with Gasteiger partial charge in [0.15, 0.2) is 0 Å². The number of carbonyl (C=O) groups is 1. The van der Waals surface area contributed by atoms with E-state index in [2.05, 4.69) is 15.4 Å². The van der Waals surface area contributed by atoms with E-state index in [1.807, 2.05) is 6.92 Å². The summed E-state index contributed by atoms with van der Waals surface area (Å²) >= 11 is 1.41. The summed E-state index contributed by atoms with van der Waals surface area (Å²) in [6.45, 7) is 1.88. The first-order chi connectivity index (χ1) is 10.6. The first-order valence-corrected chi connectivity index (χ1v) is 8.33. The standard InChI is InChI=1S/C15H18N4O2S/c1-10-2-7-14(20)19(18-10)12-5-3-11(4-6-12)17-15(21)13-8-22-9-16-13/h2,7-9,11-12H,3-6H2,1H3,(H,17,21). The van der Waals surface area contributed by atoms with Crippen molar-refractivity contribution < 1.29 is 4.79 Å². The Morgan fingerprint density at radius 3 is 2.77 bits per heavy atom. The number of aromatic nitrogens is 3. The topological polar surface area (TPSA) is 76.9 Å². The Labute approximate surface area is 132 Å². The van der Waals surface area contributed by atoms with Crippen LogP contribution in [-0.2, 0) is 0 Å². The van der Waals surface area contributed by atoms with Crippen molar-refractivity contribution in [3.05, 3.63) is 44.8 Å². The number of nitrogens with one attached hydrogen (secondary N) is 1. The SMILES string of the molecule is Cc1ccc(=O)n(C2CCC(NC(=O)c3cscn3)CC2)n1. The third-order valence-corrected chi connectivity index (χ3v) is 4.59. The molecule has 0 unspecified atom stereocenters. The number of nitrogens with zero attached hydrogens (tertiary/aromatic N) is 3. The molecule has 6 nitrogen and oxygen atoms in total. The summed E-state index contributed by atoms with van der Waals surface area (Å²) in [5.74, 6) is -0.115. The van der Waals surface area contributed by atoms with Crippen molar-refractivity contribution in [2.75, 3.05) is 0 Å². The second kappa shape index (κ2) is 6.39. The molecule has 0 atom stereocenters. The Hall–Kier alpha value is -2.02. The molecule has 1 fully saturated rings. The van der Waals surface area contributed by atoms with Gasteiger partial charge in [-0.05, 0) is 38.7 Å². The van der Waals surface area contributed by atoms with Crippen LogP contribution in [0, 0.1) is 6.92 Å². The molecule has 0 bridgehead atoms. The van der Waals surface area contributed by atoms with E-state index >= 15 is 0 Å². The average Bonchev–Trinajstić information content (AvgIpc) is 3.05. The molecular formula is C15H18N4O2S. The fourth-order valence-corrected chi connectivity index (χ4v) is 3.36. The zero-order chi connectivity index (χ0) is 15.5. The third kappa shape index (κ3) is 3.24. The van der Waals surface area contributed by atoms with Gasteiger partial charge in [0.25, 0.3) is 11.5 Å². The highest BCUT2D eigenvalue weighted by atomic mass is 32.1. The van der Waals surface area contributed by atoms with Crippen LogP contribution >= 0.6 is 11.3 Å². The average molecular weight is 318 g/mol. The molecule has 1 amide bonds. The third-order valence-electron chi connectivity index (χ3n) is 4.00. The van der Waals surface area contributed by atoms with Gasteiger partial charge in [0, 0.05) is 17.5 Å². The molecule has 22 heavy (non-hydrogen) atoms. The summed E-state index contributed by atoms with van der Waals surface area (Å²) in [5.41, 5.74) is 2.92. The van der Waals surface area contributed by atoms with Crippen molar-refractivity contribution in [3.8, 4) is 0 Å². The molecule has 1 N–H and O–H groups in total. The zero-order valence-electron chi connectivity index (χ0n) is 12.4. The Morgan fingerprint density at radius 2 is 2.09 bits per heavy atom. The van der Waals surface area contributed by atoms with Crippen LogP contribution in [0.15, 0.2) is 27.8 Å². The zero-order valence-corrected chi connectivity index (χ0v) is 13.2. The van der Waals surface area contributed by atoms with Gasteiger partial charge in [0.05, 0.1) is 17.2 Å². The first-order valence-electron chi connectivity index (χ1n) is 7.39. The van der Waals surface area contributed by atoms with E-state index < -0.39 is 0 Å². The van der Waals surface area contributed by atoms with Crippen LogP contribution in [0.5, 0.6) is 0 Å². The van der Waals surface area contributed by atoms with E-state index in [0.29, 0.717) is 5.69 Å². The Morgan fingerprint density at radius 1 is 1.32 bits per heavy atom. The van der Waals surface area contributed by atoms with E-state index in [4.69, 9.17) is 0 Å². The lowest BCUT2D eigenvalue weighted by Gasteiger charge is -2.29. The molecule has 0 aliphatic heterocycles. The lowest BCUT2D eigenvalue weighted by Crippen LogP contribution is -2.39. The molecule has 1 aliphatic carbocycles. The minimum atomic E-state index is -0.115. The fourth-order valence-electron chi connectivity index (χ4n) is 2.83. The van der Waals surface area contributed by atoms with Crippen LogP contribution in [-0.4, -0.2) is 26.7 Å². The van der Waals surface area contributed by atoms with Gasteiger partial charge in [-0.15, -0.1) is 11.3 Å². The van der Waals surface area contributed by atoms with Crippen molar-refractivity contribution in [3.63, 3.8) is 0 Å². The molecule has 7 heteroatoms. The van der Waals surface area contributed by atoms with Crippen molar-refractivity contribution in [1.29, 1.82) is 0 Å².